The summed E-state index contributed by atoms with van der Waals surface area (Å²) < 4.78 is 13.7. The Labute approximate surface area is 94.9 Å². The van der Waals surface area contributed by atoms with E-state index in [2.05, 4.69) is 15.3 Å². The predicted molar refractivity (Wildman–Crippen MR) is 60.7 cm³/mol. The zero-order valence-corrected chi connectivity index (χ0v) is 10.3. The molecule has 0 unspecified atom stereocenters. The average molecular weight is 227 g/mol. The molecule has 0 amide bonds. The molecule has 1 heterocycles. The largest absolute Gasteiger partial charge is 0.388 e. The van der Waals surface area contributed by atoms with Crippen LogP contribution in [0.1, 0.15) is 33.4 Å². The lowest BCUT2D eigenvalue weighted by Gasteiger charge is -2.38. The second kappa shape index (κ2) is 3.97. The molecule has 0 bridgehead atoms. The second-order valence-electron chi connectivity index (χ2n) is 4.93. The van der Waals surface area contributed by atoms with Crippen LogP contribution in [0.25, 0.3) is 0 Å². The van der Waals surface area contributed by atoms with Crippen molar-refractivity contribution >= 4 is 5.82 Å². The summed E-state index contributed by atoms with van der Waals surface area (Å²) in [5, 5.41) is 12.8. The number of nitrogens with one attached hydrogen (secondary N) is 1. The zero-order chi connectivity index (χ0) is 12.6. The Morgan fingerprint density at radius 2 is 1.81 bits per heavy atom. The number of hydrogen-bond acceptors (Lipinski definition) is 4. The van der Waals surface area contributed by atoms with Crippen LogP contribution in [0, 0.1) is 12.7 Å². The van der Waals surface area contributed by atoms with Gasteiger partial charge >= 0.3 is 0 Å². The third-order valence-electron chi connectivity index (χ3n) is 2.92. The molecule has 0 fully saturated rings. The summed E-state index contributed by atoms with van der Waals surface area (Å²) in [5.74, 6) is -0.376. The molecule has 0 saturated carbocycles. The summed E-state index contributed by atoms with van der Waals surface area (Å²) >= 11 is 0. The van der Waals surface area contributed by atoms with Crippen molar-refractivity contribution in [3.63, 3.8) is 0 Å². The van der Waals surface area contributed by atoms with Gasteiger partial charge in [0.05, 0.1) is 16.8 Å². The van der Waals surface area contributed by atoms with Crippen LogP contribution in [0.3, 0.4) is 0 Å². The number of halogens is 1. The molecule has 0 atom stereocenters. The highest BCUT2D eigenvalue weighted by Crippen LogP contribution is 2.26. The fourth-order valence-electron chi connectivity index (χ4n) is 0.994. The predicted octanol–water partition coefficient (Wildman–Crippen LogP) is 1.89. The molecule has 1 rings (SSSR count). The van der Waals surface area contributed by atoms with Gasteiger partial charge in [0.15, 0.2) is 11.6 Å². The van der Waals surface area contributed by atoms with Crippen LogP contribution in [-0.2, 0) is 0 Å². The Kier molecular flexibility index (Phi) is 3.19. The summed E-state index contributed by atoms with van der Waals surface area (Å²) in [6.45, 7) is 8.45. The Morgan fingerprint density at radius 1 is 1.25 bits per heavy atom. The number of aliphatic hydroxyl groups is 1. The summed E-state index contributed by atoms with van der Waals surface area (Å²) in [7, 11) is 0. The Bertz CT molecular complexity index is 385. The molecule has 0 aliphatic heterocycles. The van der Waals surface area contributed by atoms with E-state index in [-0.39, 0.29) is 11.5 Å². The highest BCUT2D eigenvalue weighted by atomic mass is 19.1. The van der Waals surface area contributed by atoms with Gasteiger partial charge in [-0.05, 0) is 34.6 Å². The summed E-state index contributed by atoms with van der Waals surface area (Å²) in [6.07, 6.45) is 1.29. The molecule has 0 spiro atoms. The van der Waals surface area contributed by atoms with Gasteiger partial charge in [-0.1, -0.05) is 0 Å². The maximum atomic E-state index is 13.7. The zero-order valence-electron chi connectivity index (χ0n) is 10.3. The summed E-state index contributed by atoms with van der Waals surface area (Å²) in [4.78, 5) is 7.57. The van der Waals surface area contributed by atoms with Crippen LogP contribution in [0.4, 0.5) is 10.2 Å². The number of anilines is 1. The molecule has 0 aliphatic rings. The van der Waals surface area contributed by atoms with Gasteiger partial charge in [0.1, 0.15) is 6.33 Å². The molecule has 4 nitrogen and oxygen atoms in total. The van der Waals surface area contributed by atoms with Crippen molar-refractivity contribution in [1.29, 1.82) is 0 Å². The van der Waals surface area contributed by atoms with Crippen LogP contribution in [-0.4, -0.2) is 26.2 Å². The van der Waals surface area contributed by atoms with Crippen molar-refractivity contribution in [1.82, 2.24) is 9.97 Å². The molecular weight excluding hydrogens is 209 g/mol. The maximum absolute atomic E-state index is 13.7. The summed E-state index contributed by atoms with van der Waals surface area (Å²) in [6, 6.07) is 0. The van der Waals surface area contributed by atoms with E-state index in [4.69, 9.17) is 0 Å². The fourth-order valence-corrected chi connectivity index (χ4v) is 0.994. The molecule has 16 heavy (non-hydrogen) atoms. The number of hydrogen-bond donors (Lipinski definition) is 2. The molecule has 2 N–H and O–H groups in total. The van der Waals surface area contributed by atoms with E-state index in [1.165, 1.54) is 6.33 Å². The molecule has 0 aromatic carbocycles. The van der Waals surface area contributed by atoms with Crippen LogP contribution in [0.15, 0.2) is 6.33 Å². The lowest BCUT2D eigenvalue weighted by molar-refractivity contribution is 0.0237. The molecule has 1 aromatic heterocycles. The molecule has 90 valence electrons. The third kappa shape index (κ3) is 2.47. The van der Waals surface area contributed by atoms with Gasteiger partial charge in [-0.15, -0.1) is 0 Å². The van der Waals surface area contributed by atoms with Crippen LogP contribution < -0.4 is 5.32 Å². The Hall–Kier alpha value is -1.23. The van der Waals surface area contributed by atoms with E-state index in [1.807, 2.05) is 0 Å². The van der Waals surface area contributed by atoms with Crippen LogP contribution in [0.5, 0.6) is 0 Å². The van der Waals surface area contributed by atoms with E-state index in [0.29, 0.717) is 0 Å². The van der Waals surface area contributed by atoms with Crippen molar-refractivity contribution in [3.8, 4) is 0 Å². The van der Waals surface area contributed by atoms with Crippen LogP contribution >= 0.6 is 0 Å². The van der Waals surface area contributed by atoms with E-state index in [9.17, 15) is 9.50 Å². The first-order valence-corrected chi connectivity index (χ1v) is 5.13. The number of nitrogens with zero attached hydrogens (tertiary/aromatic N) is 2. The van der Waals surface area contributed by atoms with Gasteiger partial charge < -0.3 is 10.4 Å². The van der Waals surface area contributed by atoms with E-state index in [1.54, 1.807) is 34.6 Å². The monoisotopic (exact) mass is 227 g/mol. The first-order valence-electron chi connectivity index (χ1n) is 5.13. The van der Waals surface area contributed by atoms with Crippen molar-refractivity contribution in [3.05, 3.63) is 17.8 Å². The smallest absolute Gasteiger partial charge is 0.186 e. The molecule has 0 radical (unpaired) electrons. The topological polar surface area (TPSA) is 58.0 Å². The summed E-state index contributed by atoms with van der Waals surface area (Å²) in [5.41, 5.74) is -1.42. The van der Waals surface area contributed by atoms with E-state index in [0.717, 1.165) is 0 Å². The third-order valence-corrected chi connectivity index (χ3v) is 2.92. The van der Waals surface area contributed by atoms with Gasteiger partial charge in [-0.3, -0.25) is 0 Å². The fraction of sp³-hybridized carbons (Fsp3) is 0.636. The van der Waals surface area contributed by atoms with E-state index < -0.39 is 17.0 Å². The lowest BCUT2D eigenvalue weighted by atomic mass is 9.86. The number of rotatable bonds is 3. The van der Waals surface area contributed by atoms with Gasteiger partial charge in [0, 0.05) is 0 Å². The maximum Gasteiger partial charge on any atom is 0.186 e. The first kappa shape index (κ1) is 12.8. The minimum Gasteiger partial charge on any atom is -0.388 e. The van der Waals surface area contributed by atoms with Gasteiger partial charge in [0.2, 0.25) is 0 Å². The van der Waals surface area contributed by atoms with Crippen molar-refractivity contribution in [2.45, 2.75) is 45.8 Å². The lowest BCUT2D eigenvalue weighted by Crippen LogP contribution is -2.51. The SMILES string of the molecule is Cc1ncnc(NC(C)(C)C(C)(C)O)c1F. The second-order valence-corrected chi connectivity index (χ2v) is 4.93. The van der Waals surface area contributed by atoms with Crippen LogP contribution in [0.2, 0.25) is 0 Å². The Morgan fingerprint density at radius 3 is 2.31 bits per heavy atom. The highest BCUT2D eigenvalue weighted by molar-refractivity contribution is 5.40. The minimum atomic E-state index is -1.00. The van der Waals surface area contributed by atoms with Gasteiger partial charge in [0.25, 0.3) is 0 Å². The molecule has 0 saturated heterocycles. The van der Waals surface area contributed by atoms with Gasteiger partial charge in [-0.2, -0.15) is 0 Å². The minimum absolute atomic E-state index is 0.111. The van der Waals surface area contributed by atoms with Crippen molar-refractivity contribution < 1.29 is 9.50 Å². The molecule has 0 aliphatic carbocycles. The highest BCUT2D eigenvalue weighted by Gasteiger charge is 2.35. The van der Waals surface area contributed by atoms with E-state index >= 15 is 0 Å². The van der Waals surface area contributed by atoms with Gasteiger partial charge in [-0.25, -0.2) is 14.4 Å². The number of aryl methyl sites for hydroxylation is 1. The molecular formula is C11H18FN3O. The quantitative estimate of drug-likeness (QED) is 0.827. The van der Waals surface area contributed by atoms with Crippen molar-refractivity contribution in [2.75, 3.05) is 5.32 Å². The first-order chi connectivity index (χ1) is 7.15. The van der Waals surface area contributed by atoms with Crippen molar-refractivity contribution in [2.24, 2.45) is 0 Å². The average Bonchev–Trinajstić information content (AvgIpc) is 2.11. The Balaban J connectivity index is 3.02. The molecule has 1 aromatic rings. The standard InChI is InChI=1S/C11H18FN3O/c1-7-8(12)9(14-6-13-7)15-10(2,3)11(4,5)16/h6,16H,1-5H3,(H,13,14,15). The molecule has 5 heteroatoms. The normalized spacial score (nSPS) is 12.7. The number of aromatic nitrogens is 2.